The average molecular weight is 366 g/mol. The summed E-state index contributed by atoms with van der Waals surface area (Å²) in [7, 11) is -1.89. The fourth-order valence-electron chi connectivity index (χ4n) is 2.87. The number of aromatic nitrogens is 4. The SMILES string of the molecule is CCn1cc(C(=O)N2CCN(S(=O)(=O)c3cnn(C)c3)CC2)c(C)n1. The summed E-state index contributed by atoms with van der Waals surface area (Å²) >= 11 is 0. The van der Waals surface area contributed by atoms with E-state index in [2.05, 4.69) is 10.2 Å². The van der Waals surface area contributed by atoms with E-state index in [9.17, 15) is 13.2 Å². The summed E-state index contributed by atoms with van der Waals surface area (Å²) < 4.78 is 29.8. The highest BCUT2D eigenvalue weighted by atomic mass is 32.2. The Kier molecular flexibility index (Phi) is 4.65. The molecule has 2 aromatic heterocycles. The zero-order valence-electron chi connectivity index (χ0n) is 14.6. The predicted molar refractivity (Wildman–Crippen MR) is 90.5 cm³/mol. The van der Waals surface area contributed by atoms with Gasteiger partial charge in [-0.3, -0.25) is 14.2 Å². The van der Waals surface area contributed by atoms with Crippen molar-refractivity contribution in [2.75, 3.05) is 26.2 Å². The van der Waals surface area contributed by atoms with Gasteiger partial charge in [-0.25, -0.2) is 8.42 Å². The standard InChI is InChI=1S/C15H22N6O3S/c1-4-20-11-14(12(2)17-20)15(22)19-5-7-21(8-6-19)25(23,24)13-9-16-18(3)10-13/h9-11H,4-8H2,1-3H3. The van der Waals surface area contributed by atoms with Crippen LogP contribution in [-0.4, -0.2) is 69.3 Å². The van der Waals surface area contributed by atoms with Gasteiger partial charge in [0.25, 0.3) is 5.91 Å². The van der Waals surface area contributed by atoms with Gasteiger partial charge in [-0.15, -0.1) is 0 Å². The average Bonchev–Trinajstić information content (AvgIpc) is 3.20. The maximum atomic E-state index is 12.7. The summed E-state index contributed by atoms with van der Waals surface area (Å²) in [6.07, 6.45) is 4.57. The van der Waals surface area contributed by atoms with E-state index in [0.29, 0.717) is 30.9 Å². The van der Waals surface area contributed by atoms with Gasteiger partial charge in [-0.05, 0) is 13.8 Å². The molecule has 25 heavy (non-hydrogen) atoms. The quantitative estimate of drug-likeness (QED) is 0.765. The number of hydrogen-bond donors (Lipinski definition) is 0. The molecule has 1 saturated heterocycles. The van der Waals surface area contributed by atoms with Crippen molar-refractivity contribution in [1.82, 2.24) is 28.8 Å². The number of amides is 1. The first-order valence-electron chi connectivity index (χ1n) is 8.15. The lowest BCUT2D eigenvalue weighted by molar-refractivity contribution is 0.0697. The van der Waals surface area contributed by atoms with Crippen molar-refractivity contribution >= 4 is 15.9 Å². The topological polar surface area (TPSA) is 93.3 Å². The molecule has 3 rings (SSSR count). The van der Waals surface area contributed by atoms with E-state index in [0.717, 1.165) is 0 Å². The lowest BCUT2D eigenvalue weighted by Gasteiger charge is -2.33. The van der Waals surface area contributed by atoms with Crippen LogP contribution in [-0.2, 0) is 23.6 Å². The molecule has 0 saturated carbocycles. The number of piperazine rings is 1. The highest BCUT2D eigenvalue weighted by molar-refractivity contribution is 7.89. The first-order chi connectivity index (χ1) is 11.8. The number of aryl methyl sites for hydroxylation is 3. The van der Waals surface area contributed by atoms with E-state index in [1.807, 2.05) is 13.8 Å². The molecular formula is C15H22N6O3S. The Hall–Kier alpha value is -2.20. The van der Waals surface area contributed by atoms with Gasteiger partial charge in [0, 0.05) is 52.2 Å². The van der Waals surface area contributed by atoms with Gasteiger partial charge in [0.05, 0.1) is 17.5 Å². The monoisotopic (exact) mass is 366 g/mol. The van der Waals surface area contributed by atoms with Crippen molar-refractivity contribution in [1.29, 1.82) is 0 Å². The summed E-state index contributed by atoms with van der Waals surface area (Å²) in [6, 6.07) is 0. The van der Waals surface area contributed by atoms with Crippen molar-refractivity contribution in [3.63, 3.8) is 0 Å². The zero-order valence-corrected chi connectivity index (χ0v) is 15.4. The van der Waals surface area contributed by atoms with Crippen molar-refractivity contribution in [2.24, 2.45) is 7.05 Å². The van der Waals surface area contributed by atoms with Crippen LogP contribution in [0.25, 0.3) is 0 Å². The number of nitrogens with zero attached hydrogens (tertiary/aromatic N) is 6. The molecule has 0 N–H and O–H groups in total. The number of carbonyl (C=O) groups excluding carboxylic acids is 1. The molecule has 1 aliphatic rings. The third kappa shape index (κ3) is 3.31. The second-order valence-corrected chi connectivity index (χ2v) is 7.97. The molecule has 1 amide bonds. The zero-order chi connectivity index (χ0) is 18.2. The molecule has 0 atom stereocenters. The molecule has 1 fully saturated rings. The van der Waals surface area contributed by atoms with Crippen LogP contribution in [0, 0.1) is 6.92 Å². The minimum absolute atomic E-state index is 0.101. The Morgan fingerprint density at radius 1 is 1.20 bits per heavy atom. The minimum atomic E-state index is -3.57. The lowest BCUT2D eigenvalue weighted by atomic mass is 10.2. The van der Waals surface area contributed by atoms with Crippen molar-refractivity contribution < 1.29 is 13.2 Å². The molecule has 0 aromatic carbocycles. The van der Waals surface area contributed by atoms with Crippen molar-refractivity contribution in [3.05, 3.63) is 29.8 Å². The Balaban J connectivity index is 1.69. The van der Waals surface area contributed by atoms with Crippen molar-refractivity contribution in [3.8, 4) is 0 Å². The largest absolute Gasteiger partial charge is 0.336 e. The van der Waals surface area contributed by atoms with Crippen LogP contribution >= 0.6 is 0 Å². The number of rotatable bonds is 4. The fourth-order valence-corrected chi connectivity index (χ4v) is 4.28. The van der Waals surface area contributed by atoms with Gasteiger partial charge in [-0.2, -0.15) is 14.5 Å². The molecule has 0 bridgehead atoms. The van der Waals surface area contributed by atoms with Crippen LogP contribution in [0.15, 0.2) is 23.5 Å². The van der Waals surface area contributed by atoms with E-state index >= 15 is 0 Å². The van der Waals surface area contributed by atoms with Gasteiger partial charge in [0.15, 0.2) is 0 Å². The Bertz CT molecular complexity index is 877. The van der Waals surface area contributed by atoms with E-state index < -0.39 is 10.0 Å². The molecule has 9 nitrogen and oxygen atoms in total. The van der Waals surface area contributed by atoms with Gasteiger partial charge >= 0.3 is 0 Å². The Labute approximate surface area is 146 Å². The van der Waals surface area contributed by atoms with Crippen LogP contribution in [0.3, 0.4) is 0 Å². The molecule has 3 heterocycles. The molecule has 0 spiro atoms. The Morgan fingerprint density at radius 3 is 2.40 bits per heavy atom. The third-order valence-corrected chi connectivity index (χ3v) is 6.20. The van der Waals surface area contributed by atoms with Crippen LogP contribution in [0.2, 0.25) is 0 Å². The molecule has 0 unspecified atom stereocenters. The van der Waals surface area contributed by atoms with Crippen LogP contribution in [0.4, 0.5) is 0 Å². The first kappa shape index (κ1) is 17.6. The van der Waals surface area contributed by atoms with E-state index in [4.69, 9.17) is 0 Å². The van der Waals surface area contributed by atoms with Gasteiger partial charge in [0.1, 0.15) is 4.90 Å². The molecule has 2 aromatic rings. The Morgan fingerprint density at radius 2 is 1.88 bits per heavy atom. The molecule has 136 valence electrons. The highest BCUT2D eigenvalue weighted by Gasteiger charge is 2.31. The summed E-state index contributed by atoms with van der Waals surface area (Å²) in [5.74, 6) is -0.101. The lowest BCUT2D eigenvalue weighted by Crippen LogP contribution is -2.50. The van der Waals surface area contributed by atoms with Gasteiger partial charge in [0.2, 0.25) is 10.0 Å². The second-order valence-electron chi connectivity index (χ2n) is 6.03. The van der Waals surface area contributed by atoms with Gasteiger partial charge in [-0.1, -0.05) is 0 Å². The summed E-state index contributed by atoms with van der Waals surface area (Å²) in [4.78, 5) is 14.5. The maximum absolute atomic E-state index is 12.7. The summed E-state index contributed by atoms with van der Waals surface area (Å²) in [6.45, 7) is 5.72. The molecule has 0 radical (unpaired) electrons. The number of hydrogen-bond acceptors (Lipinski definition) is 5. The van der Waals surface area contributed by atoms with Crippen molar-refractivity contribution in [2.45, 2.75) is 25.3 Å². The number of carbonyl (C=O) groups is 1. The molecular weight excluding hydrogens is 344 g/mol. The normalized spacial score (nSPS) is 16.4. The summed E-state index contributed by atoms with van der Waals surface area (Å²) in [5.41, 5.74) is 1.27. The smallest absolute Gasteiger partial charge is 0.257 e. The minimum Gasteiger partial charge on any atom is -0.336 e. The van der Waals surface area contributed by atoms with E-state index in [1.165, 1.54) is 21.4 Å². The molecule has 0 aliphatic carbocycles. The molecule has 1 aliphatic heterocycles. The van der Waals surface area contributed by atoms with Crippen LogP contribution < -0.4 is 0 Å². The number of sulfonamides is 1. The molecule has 10 heteroatoms. The van der Waals surface area contributed by atoms with E-state index in [1.54, 1.807) is 22.8 Å². The predicted octanol–water partition coefficient (Wildman–Crippen LogP) is 0.0916. The summed E-state index contributed by atoms with van der Waals surface area (Å²) in [5, 5.41) is 8.21. The van der Waals surface area contributed by atoms with Gasteiger partial charge < -0.3 is 4.90 Å². The fraction of sp³-hybridized carbons (Fsp3) is 0.533. The second kappa shape index (κ2) is 6.60. The first-order valence-corrected chi connectivity index (χ1v) is 9.59. The van der Waals surface area contributed by atoms with E-state index in [-0.39, 0.29) is 23.9 Å². The van der Waals surface area contributed by atoms with Crippen LogP contribution in [0.5, 0.6) is 0 Å². The van der Waals surface area contributed by atoms with Crippen LogP contribution in [0.1, 0.15) is 23.0 Å². The maximum Gasteiger partial charge on any atom is 0.257 e. The highest BCUT2D eigenvalue weighted by Crippen LogP contribution is 2.18. The third-order valence-electron chi connectivity index (χ3n) is 4.35.